The highest BCUT2D eigenvalue weighted by Gasteiger charge is 2.20. The van der Waals surface area contributed by atoms with Gasteiger partial charge in [-0.2, -0.15) is 0 Å². The van der Waals surface area contributed by atoms with E-state index >= 15 is 0 Å². The van der Waals surface area contributed by atoms with Crippen LogP contribution in [-0.4, -0.2) is 33.7 Å². The summed E-state index contributed by atoms with van der Waals surface area (Å²) in [6.07, 6.45) is 3.65. The molecule has 1 heterocycles. The predicted molar refractivity (Wildman–Crippen MR) is 106 cm³/mol. The third-order valence-corrected chi connectivity index (χ3v) is 6.11. The van der Waals surface area contributed by atoms with Crippen LogP contribution < -0.4 is 10.6 Å². The smallest absolute Gasteiger partial charge is 0.220 e. The van der Waals surface area contributed by atoms with Gasteiger partial charge in [0.2, 0.25) is 5.91 Å². The summed E-state index contributed by atoms with van der Waals surface area (Å²) in [5.41, 5.74) is 1.69. The van der Waals surface area contributed by atoms with Gasteiger partial charge in [-0.3, -0.25) is 4.79 Å². The minimum Gasteiger partial charge on any atom is -0.345 e. The van der Waals surface area contributed by atoms with Gasteiger partial charge in [0.05, 0.1) is 10.9 Å². The number of carbonyl (C=O) groups is 1. The largest absolute Gasteiger partial charge is 0.345 e. The fourth-order valence-electron chi connectivity index (χ4n) is 3.46. The molecule has 1 saturated heterocycles. The standard InChI is InChI=1S/C21H26N2O3S/c1-27(25,26)19-9-5-8-18(14-19)21(17-6-3-2-4-7-17)23-20(24)11-10-16-12-13-22-15-16/h2-9,14,16,21-22H,10-13,15H2,1H3,(H,23,24). The van der Waals surface area contributed by atoms with Gasteiger partial charge < -0.3 is 10.6 Å². The molecule has 2 N–H and O–H groups in total. The predicted octanol–water partition coefficient (Wildman–Crippen LogP) is 2.69. The Balaban J connectivity index is 1.80. The van der Waals surface area contributed by atoms with E-state index in [0.717, 1.165) is 37.1 Å². The van der Waals surface area contributed by atoms with Crippen molar-refractivity contribution in [3.05, 3.63) is 65.7 Å². The van der Waals surface area contributed by atoms with Gasteiger partial charge in [-0.1, -0.05) is 42.5 Å². The van der Waals surface area contributed by atoms with Crippen molar-refractivity contribution >= 4 is 15.7 Å². The second kappa shape index (κ2) is 8.67. The van der Waals surface area contributed by atoms with Crippen molar-refractivity contribution in [2.45, 2.75) is 30.2 Å². The molecule has 2 atom stereocenters. The SMILES string of the molecule is CS(=O)(=O)c1cccc(C(NC(=O)CCC2CCNC2)c2ccccc2)c1. The van der Waals surface area contributed by atoms with Crippen LogP contribution in [0.15, 0.2) is 59.5 Å². The summed E-state index contributed by atoms with van der Waals surface area (Å²) in [5, 5.41) is 6.42. The number of sulfone groups is 1. The van der Waals surface area contributed by atoms with Crippen molar-refractivity contribution in [2.75, 3.05) is 19.3 Å². The normalized spacial score (nSPS) is 18.2. The first-order valence-corrected chi connectivity index (χ1v) is 11.2. The Hall–Kier alpha value is -2.18. The van der Waals surface area contributed by atoms with E-state index in [1.165, 1.54) is 6.26 Å². The van der Waals surface area contributed by atoms with Gasteiger partial charge in [0.1, 0.15) is 0 Å². The van der Waals surface area contributed by atoms with E-state index in [2.05, 4.69) is 10.6 Å². The van der Waals surface area contributed by atoms with Crippen LogP contribution in [0.3, 0.4) is 0 Å². The number of carbonyl (C=O) groups excluding carboxylic acids is 1. The van der Waals surface area contributed by atoms with Crippen molar-refractivity contribution in [3.8, 4) is 0 Å². The summed E-state index contributed by atoms with van der Waals surface area (Å²) in [5.74, 6) is 0.542. The van der Waals surface area contributed by atoms with E-state index in [9.17, 15) is 13.2 Å². The lowest BCUT2D eigenvalue weighted by Gasteiger charge is -2.21. The minimum atomic E-state index is -3.31. The van der Waals surface area contributed by atoms with E-state index in [4.69, 9.17) is 0 Å². The Morgan fingerprint density at radius 1 is 1.15 bits per heavy atom. The molecule has 2 unspecified atom stereocenters. The van der Waals surface area contributed by atoms with Crippen LogP contribution in [-0.2, 0) is 14.6 Å². The molecule has 1 amide bonds. The average molecular weight is 387 g/mol. The monoisotopic (exact) mass is 386 g/mol. The van der Waals surface area contributed by atoms with Crippen molar-refractivity contribution in [3.63, 3.8) is 0 Å². The summed E-state index contributed by atoms with van der Waals surface area (Å²) < 4.78 is 23.8. The lowest BCUT2D eigenvalue weighted by molar-refractivity contribution is -0.121. The molecule has 3 rings (SSSR count). The van der Waals surface area contributed by atoms with Crippen LogP contribution in [0.2, 0.25) is 0 Å². The Labute approximate surface area is 161 Å². The summed E-state index contributed by atoms with van der Waals surface area (Å²) in [6, 6.07) is 16.1. The fraction of sp³-hybridized carbons (Fsp3) is 0.381. The van der Waals surface area contributed by atoms with Gasteiger partial charge in [0, 0.05) is 12.7 Å². The molecule has 0 spiro atoms. The molecule has 0 aliphatic carbocycles. The highest BCUT2D eigenvalue weighted by molar-refractivity contribution is 7.90. The Morgan fingerprint density at radius 3 is 2.56 bits per heavy atom. The molecule has 0 aromatic heterocycles. The lowest BCUT2D eigenvalue weighted by atomic mass is 9.97. The van der Waals surface area contributed by atoms with Crippen molar-refractivity contribution in [1.82, 2.24) is 10.6 Å². The summed E-state index contributed by atoms with van der Waals surface area (Å²) >= 11 is 0. The second-order valence-electron chi connectivity index (χ2n) is 7.15. The van der Waals surface area contributed by atoms with Crippen LogP contribution in [0.5, 0.6) is 0 Å². The summed E-state index contributed by atoms with van der Waals surface area (Å²) in [7, 11) is -3.31. The number of nitrogens with one attached hydrogen (secondary N) is 2. The molecular weight excluding hydrogens is 360 g/mol. The highest BCUT2D eigenvalue weighted by atomic mass is 32.2. The molecule has 144 valence electrons. The molecule has 2 aromatic carbocycles. The molecule has 1 aliphatic rings. The average Bonchev–Trinajstić information content (AvgIpc) is 3.18. The third-order valence-electron chi connectivity index (χ3n) is 5.00. The number of rotatable bonds is 7. The van der Waals surface area contributed by atoms with Gasteiger partial charge in [-0.15, -0.1) is 0 Å². The maximum atomic E-state index is 12.6. The number of amides is 1. The molecule has 2 aromatic rings. The van der Waals surface area contributed by atoms with E-state index in [1.807, 2.05) is 36.4 Å². The Bertz CT molecular complexity index is 875. The number of hydrogen-bond acceptors (Lipinski definition) is 4. The van der Waals surface area contributed by atoms with Gasteiger partial charge in [0.15, 0.2) is 9.84 Å². The van der Waals surface area contributed by atoms with E-state index in [1.54, 1.807) is 18.2 Å². The number of benzene rings is 2. The highest BCUT2D eigenvalue weighted by Crippen LogP contribution is 2.25. The summed E-state index contributed by atoms with van der Waals surface area (Å²) in [6.45, 7) is 2.00. The zero-order valence-electron chi connectivity index (χ0n) is 15.5. The molecule has 0 radical (unpaired) electrons. The maximum absolute atomic E-state index is 12.6. The minimum absolute atomic E-state index is 0.0134. The Morgan fingerprint density at radius 2 is 1.89 bits per heavy atom. The second-order valence-corrected chi connectivity index (χ2v) is 9.17. The van der Waals surface area contributed by atoms with Gasteiger partial charge >= 0.3 is 0 Å². The zero-order chi connectivity index (χ0) is 19.3. The molecule has 27 heavy (non-hydrogen) atoms. The lowest BCUT2D eigenvalue weighted by Crippen LogP contribution is -2.29. The first kappa shape index (κ1) is 19.6. The Kier molecular flexibility index (Phi) is 6.29. The van der Waals surface area contributed by atoms with Crippen LogP contribution >= 0.6 is 0 Å². The van der Waals surface area contributed by atoms with Gasteiger partial charge in [0.25, 0.3) is 0 Å². The van der Waals surface area contributed by atoms with Crippen LogP contribution in [0.4, 0.5) is 0 Å². The maximum Gasteiger partial charge on any atom is 0.220 e. The quantitative estimate of drug-likeness (QED) is 0.767. The molecular formula is C21H26N2O3S. The topological polar surface area (TPSA) is 75.3 Å². The first-order chi connectivity index (χ1) is 12.9. The molecule has 5 nitrogen and oxygen atoms in total. The van der Waals surface area contributed by atoms with Crippen molar-refractivity contribution in [2.24, 2.45) is 5.92 Å². The van der Waals surface area contributed by atoms with Crippen LogP contribution in [0, 0.1) is 5.92 Å². The molecule has 6 heteroatoms. The van der Waals surface area contributed by atoms with Crippen molar-refractivity contribution < 1.29 is 13.2 Å². The molecule has 0 saturated carbocycles. The van der Waals surface area contributed by atoms with Crippen LogP contribution in [0.1, 0.15) is 36.4 Å². The molecule has 1 fully saturated rings. The first-order valence-electron chi connectivity index (χ1n) is 9.28. The van der Waals surface area contributed by atoms with E-state index in [-0.39, 0.29) is 16.8 Å². The van der Waals surface area contributed by atoms with Gasteiger partial charge in [-0.05, 0) is 55.1 Å². The molecule has 1 aliphatic heterocycles. The van der Waals surface area contributed by atoms with E-state index in [0.29, 0.717) is 12.3 Å². The summed E-state index contributed by atoms with van der Waals surface area (Å²) in [4.78, 5) is 12.8. The fourth-order valence-corrected chi connectivity index (χ4v) is 4.13. The molecule has 0 bridgehead atoms. The zero-order valence-corrected chi connectivity index (χ0v) is 16.3. The van der Waals surface area contributed by atoms with Crippen molar-refractivity contribution in [1.29, 1.82) is 0 Å². The number of hydrogen-bond donors (Lipinski definition) is 2. The van der Waals surface area contributed by atoms with E-state index < -0.39 is 9.84 Å². The third kappa shape index (κ3) is 5.40. The van der Waals surface area contributed by atoms with Gasteiger partial charge in [-0.25, -0.2) is 8.42 Å². The van der Waals surface area contributed by atoms with Crippen LogP contribution in [0.25, 0.3) is 0 Å².